The summed E-state index contributed by atoms with van der Waals surface area (Å²) in [6.45, 7) is 4.75. The Hall–Kier alpha value is -2.08. The average Bonchev–Trinajstić information content (AvgIpc) is 2.75. The third kappa shape index (κ3) is 2.60. The Balaban J connectivity index is 2.32. The fourth-order valence-corrected chi connectivity index (χ4v) is 2.27. The van der Waals surface area contributed by atoms with Crippen LogP contribution in [0.15, 0.2) is 18.2 Å². The van der Waals surface area contributed by atoms with Gasteiger partial charge in [0.25, 0.3) is 0 Å². The van der Waals surface area contributed by atoms with Gasteiger partial charge in [-0.25, -0.2) is 4.98 Å². The van der Waals surface area contributed by atoms with Gasteiger partial charge in [0.15, 0.2) is 0 Å². The molecule has 1 aromatic carbocycles. The minimum absolute atomic E-state index is 0.101. The molecule has 20 heavy (non-hydrogen) atoms. The van der Waals surface area contributed by atoms with Crippen LogP contribution in [0.2, 0.25) is 0 Å². The molecule has 0 radical (unpaired) electrons. The number of nitrogens with one attached hydrogen (secondary N) is 1. The van der Waals surface area contributed by atoms with Crippen LogP contribution in [0.3, 0.4) is 0 Å². The maximum Gasteiger partial charge on any atom is 0.242 e. The number of nitrogens with two attached hydrogens (primary N) is 1. The van der Waals surface area contributed by atoms with Crippen LogP contribution >= 0.6 is 0 Å². The third-order valence-corrected chi connectivity index (χ3v) is 3.31. The zero-order valence-corrected chi connectivity index (χ0v) is 12.0. The normalized spacial score (nSPS) is 12.6. The quantitative estimate of drug-likeness (QED) is 0.805. The van der Waals surface area contributed by atoms with Crippen molar-refractivity contribution in [2.45, 2.75) is 19.9 Å². The van der Waals surface area contributed by atoms with Crippen LogP contribution in [0.1, 0.15) is 18.5 Å². The zero-order valence-electron chi connectivity index (χ0n) is 12.0. The van der Waals surface area contributed by atoms with Crippen molar-refractivity contribution in [2.24, 2.45) is 0 Å². The summed E-state index contributed by atoms with van der Waals surface area (Å²) >= 11 is 0. The van der Waals surface area contributed by atoms with Gasteiger partial charge in [0, 0.05) is 13.7 Å². The van der Waals surface area contributed by atoms with Gasteiger partial charge in [-0.3, -0.25) is 9.36 Å². The summed E-state index contributed by atoms with van der Waals surface area (Å²) in [5.41, 5.74) is 8.71. The number of hydrogen-bond donors (Lipinski definition) is 2. The van der Waals surface area contributed by atoms with Crippen LogP contribution in [0.5, 0.6) is 0 Å². The average molecular weight is 276 g/mol. The molecule has 1 atom stereocenters. The fourth-order valence-electron chi connectivity index (χ4n) is 2.27. The summed E-state index contributed by atoms with van der Waals surface area (Å²) in [7, 11) is 1.60. The summed E-state index contributed by atoms with van der Waals surface area (Å²) in [6, 6.07) is 5.39. The Labute approximate surface area is 117 Å². The van der Waals surface area contributed by atoms with Crippen molar-refractivity contribution in [2.75, 3.05) is 26.0 Å². The van der Waals surface area contributed by atoms with E-state index in [2.05, 4.69) is 10.3 Å². The number of benzene rings is 1. The molecular weight excluding hydrogens is 256 g/mol. The highest BCUT2D eigenvalue weighted by molar-refractivity contribution is 5.87. The number of imidazole rings is 1. The van der Waals surface area contributed by atoms with Gasteiger partial charge in [0.1, 0.15) is 6.04 Å². The van der Waals surface area contributed by atoms with E-state index < -0.39 is 6.04 Å². The first kappa shape index (κ1) is 14.3. The van der Waals surface area contributed by atoms with Gasteiger partial charge in [-0.15, -0.1) is 0 Å². The van der Waals surface area contributed by atoms with E-state index in [9.17, 15) is 4.79 Å². The standard InChI is InChI=1S/C14H20N4O2/c1-9-5-4-6-11-12(9)18(14(15)17-11)10(2)13(19)16-7-8-20-3/h4-6,10H,7-8H2,1-3H3,(H2,15,17)(H,16,19). The van der Waals surface area contributed by atoms with Crippen LogP contribution in [0.25, 0.3) is 11.0 Å². The molecule has 0 fully saturated rings. The van der Waals surface area contributed by atoms with E-state index in [-0.39, 0.29) is 5.91 Å². The molecule has 2 aromatic rings. The number of aromatic nitrogens is 2. The summed E-state index contributed by atoms with van der Waals surface area (Å²) in [4.78, 5) is 16.5. The van der Waals surface area contributed by atoms with E-state index in [1.165, 1.54) is 0 Å². The molecule has 0 bridgehead atoms. The zero-order chi connectivity index (χ0) is 14.7. The Bertz CT molecular complexity index is 621. The van der Waals surface area contributed by atoms with E-state index >= 15 is 0 Å². The van der Waals surface area contributed by atoms with Gasteiger partial charge >= 0.3 is 0 Å². The predicted octanol–water partition coefficient (Wildman–Crippen LogP) is 1.25. The Morgan fingerprint density at radius 2 is 2.30 bits per heavy atom. The lowest BCUT2D eigenvalue weighted by Gasteiger charge is -2.16. The first-order valence-electron chi connectivity index (χ1n) is 6.56. The molecule has 2 rings (SSSR count). The van der Waals surface area contributed by atoms with Crippen molar-refractivity contribution in [1.29, 1.82) is 0 Å². The highest BCUT2D eigenvalue weighted by Crippen LogP contribution is 2.25. The Morgan fingerprint density at radius 3 is 3.00 bits per heavy atom. The second kappa shape index (κ2) is 5.92. The van der Waals surface area contributed by atoms with Gasteiger partial charge in [0.05, 0.1) is 17.6 Å². The van der Waals surface area contributed by atoms with E-state index in [0.717, 1.165) is 16.6 Å². The van der Waals surface area contributed by atoms with E-state index in [0.29, 0.717) is 19.1 Å². The highest BCUT2D eigenvalue weighted by Gasteiger charge is 2.20. The lowest BCUT2D eigenvalue weighted by molar-refractivity contribution is -0.123. The van der Waals surface area contributed by atoms with Crippen LogP contribution in [-0.2, 0) is 9.53 Å². The Morgan fingerprint density at radius 1 is 1.55 bits per heavy atom. The van der Waals surface area contributed by atoms with Gasteiger partial charge < -0.3 is 15.8 Å². The molecular formula is C14H20N4O2. The van der Waals surface area contributed by atoms with Gasteiger partial charge in [-0.1, -0.05) is 12.1 Å². The molecule has 1 unspecified atom stereocenters. The molecule has 1 aromatic heterocycles. The molecule has 6 heteroatoms. The van der Waals surface area contributed by atoms with Gasteiger partial charge in [-0.05, 0) is 25.5 Å². The number of nitrogen functional groups attached to an aromatic ring is 1. The highest BCUT2D eigenvalue weighted by atomic mass is 16.5. The van der Waals surface area contributed by atoms with Gasteiger partial charge in [0.2, 0.25) is 11.9 Å². The van der Waals surface area contributed by atoms with Crippen molar-refractivity contribution in [1.82, 2.24) is 14.9 Å². The largest absolute Gasteiger partial charge is 0.383 e. The molecule has 1 amide bonds. The maximum absolute atomic E-state index is 12.2. The number of ether oxygens (including phenoxy) is 1. The smallest absolute Gasteiger partial charge is 0.242 e. The molecule has 108 valence electrons. The van der Waals surface area contributed by atoms with Gasteiger partial charge in [-0.2, -0.15) is 0 Å². The minimum Gasteiger partial charge on any atom is -0.383 e. The van der Waals surface area contributed by atoms with E-state index in [1.807, 2.05) is 32.0 Å². The summed E-state index contributed by atoms with van der Waals surface area (Å²) in [5, 5.41) is 2.81. The minimum atomic E-state index is -0.419. The number of anilines is 1. The molecule has 0 aliphatic heterocycles. The van der Waals surface area contributed by atoms with Crippen molar-refractivity contribution in [3.8, 4) is 0 Å². The van der Waals surface area contributed by atoms with Crippen molar-refractivity contribution >= 4 is 22.9 Å². The summed E-state index contributed by atoms with van der Waals surface area (Å²) in [6.07, 6.45) is 0. The van der Waals surface area contributed by atoms with Crippen molar-refractivity contribution in [3.05, 3.63) is 23.8 Å². The van der Waals surface area contributed by atoms with E-state index in [1.54, 1.807) is 11.7 Å². The molecule has 0 saturated carbocycles. The Kier molecular flexibility index (Phi) is 4.24. The van der Waals surface area contributed by atoms with E-state index in [4.69, 9.17) is 10.5 Å². The van der Waals surface area contributed by atoms with Crippen LogP contribution in [0.4, 0.5) is 5.95 Å². The van der Waals surface area contributed by atoms with Crippen LogP contribution < -0.4 is 11.1 Å². The number of methoxy groups -OCH3 is 1. The number of carbonyl (C=O) groups excluding carboxylic acids is 1. The lowest BCUT2D eigenvalue weighted by Crippen LogP contribution is -2.33. The molecule has 0 aliphatic rings. The maximum atomic E-state index is 12.2. The summed E-state index contributed by atoms with van der Waals surface area (Å²) in [5.74, 6) is 0.250. The second-order valence-electron chi connectivity index (χ2n) is 4.74. The predicted molar refractivity (Wildman–Crippen MR) is 78.5 cm³/mol. The molecule has 0 spiro atoms. The fraction of sp³-hybridized carbons (Fsp3) is 0.429. The number of amides is 1. The third-order valence-electron chi connectivity index (χ3n) is 3.31. The van der Waals surface area contributed by atoms with Crippen LogP contribution in [-0.4, -0.2) is 35.7 Å². The number of carbonyl (C=O) groups is 1. The molecule has 6 nitrogen and oxygen atoms in total. The number of nitrogens with zero attached hydrogens (tertiary/aromatic N) is 2. The number of rotatable bonds is 5. The molecule has 0 aliphatic carbocycles. The van der Waals surface area contributed by atoms with Crippen molar-refractivity contribution in [3.63, 3.8) is 0 Å². The van der Waals surface area contributed by atoms with Crippen molar-refractivity contribution < 1.29 is 9.53 Å². The number of para-hydroxylation sites is 1. The lowest BCUT2D eigenvalue weighted by atomic mass is 10.2. The van der Waals surface area contributed by atoms with Crippen LogP contribution in [0, 0.1) is 6.92 Å². The molecule has 0 saturated heterocycles. The number of fused-ring (bicyclic) bond motifs is 1. The SMILES string of the molecule is COCCNC(=O)C(C)n1c(N)nc2cccc(C)c21. The number of hydrogen-bond acceptors (Lipinski definition) is 4. The second-order valence-corrected chi connectivity index (χ2v) is 4.74. The topological polar surface area (TPSA) is 82.2 Å². The monoisotopic (exact) mass is 276 g/mol. The number of aryl methyl sites for hydroxylation is 1. The molecule has 3 N–H and O–H groups in total. The summed E-state index contributed by atoms with van der Waals surface area (Å²) < 4.78 is 6.69. The molecule has 1 heterocycles. The first-order chi connectivity index (χ1) is 9.56. The first-order valence-corrected chi connectivity index (χ1v) is 6.56.